The summed E-state index contributed by atoms with van der Waals surface area (Å²) in [6.07, 6.45) is 4.56. The Bertz CT molecular complexity index is 901. The van der Waals surface area contributed by atoms with E-state index < -0.39 is 0 Å². The highest BCUT2D eigenvalue weighted by Gasteiger charge is 2.14. The normalized spacial score (nSPS) is 12.3. The predicted octanol–water partition coefficient (Wildman–Crippen LogP) is 2.86. The van der Waals surface area contributed by atoms with E-state index in [4.69, 9.17) is 0 Å². The summed E-state index contributed by atoms with van der Waals surface area (Å²) in [5.74, 6) is 0.0203. The van der Waals surface area contributed by atoms with Gasteiger partial charge >= 0.3 is 0 Å². The molecule has 0 aliphatic rings. The molecule has 1 amide bonds. The van der Waals surface area contributed by atoms with E-state index in [0.717, 1.165) is 33.9 Å². The minimum atomic E-state index is -0.0576. The molecule has 3 heterocycles. The highest BCUT2D eigenvalue weighted by molar-refractivity contribution is 5.76. The van der Waals surface area contributed by atoms with Gasteiger partial charge < -0.3 is 5.32 Å². The van der Waals surface area contributed by atoms with E-state index in [1.807, 2.05) is 50.4 Å². The van der Waals surface area contributed by atoms with Crippen LogP contribution in [-0.4, -0.2) is 25.5 Å². The van der Waals surface area contributed by atoms with Crippen LogP contribution in [0.1, 0.15) is 47.6 Å². The molecule has 0 aliphatic carbocycles. The van der Waals surface area contributed by atoms with Crippen LogP contribution >= 0.6 is 0 Å². The Hall–Kier alpha value is -2.76. The van der Waals surface area contributed by atoms with Crippen molar-refractivity contribution < 1.29 is 4.79 Å². The van der Waals surface area contributed by atoms with Crippen molar-refractivity contribution in [1.29, 1.82) is 0 Å². The molecule has 0 bridgehead atoms. The van der Waals surface area contributed by atoms with E-state index in [0.29, 0.717) is 12.8 Å². The number of nitrogens with one attached hydrogen (secondary N) is 1. The van der Waals surface area contributed by atoms with Crippen LogP contribution in [-0.2, 0) is 11.2 Å². The van der Waals surface area contributed by atoms with Gasteiger partial charge in [-0.15, -0.1) is 0 Å². The Kier molecular flexibility index (Phi) is 4.79. The second-order valence-electron chi connectivity index (χ2n) is 6.39. The van der Waals surface area contributed by atoms with Crippen molar-refractivity contribution in [1.82, 2.24) is 24.9 Å². The fourth-order valence-corrected chi connectivity index (χ4v) is 3.07. The summed E-state index contributed by atoms with van der Waals surface area (Å²) in [5, 5.41) is 7.50. The topological polar surface area (TPSA) is 72.2 Å². The Labute approximate surface area is 147 Å². The van der Waals surface area contributed by atoms with Crippen LogP contribution < -0.4 is 5.32 Å². The van der Waals surface area contributed by atoms with Gasteiger partial charge in [0, 0.05) is 36.3 Å². The zero-order valence-electron chi connectivity index (χ0n) is 15.1. The third-order valence-corrected chi connectivity index (χ3v) is 4.45. The van der Waals surface area contributed by atoms with Crippen LogP contribution in [0.3, 0.4) is 0 Å². The van der Waals surface area contributed by atoms with Gasteiger partial charge in [-0.25, -0.2) is 9.50 Å². The first kappa shape index (κ1) is 17.1. The zero-order valence-corrected chi connectivity index (χ0v) is 15.1. The lowest BCUT2D eigenvalue weighted by Gasteiger charge is -2.15. The Morgan fingerprint density at radius 3 is 2.84 bits per heavy atom. The van der Waals surface area contributed by atoms with Crippen LogP contribution in [0.15, 0.2) is 30.6 Å². The highest BCUT2D eigenvalue weighted by atomic mass is 16.1. The Balaban J connectivity index is 1.69. The lowest BCUT2D eigenvalue weighted by atomic mass is 10.1. The molecule has 0 saturated carbocycles. The SMILES string of the molecule is Cc1cc2nc(C)c(CCC(=O)N[C@H](C)c3cccnc3)c(C)n2n1. The molecule has 0 unspecified atom stereocenters. The van der Waals surface area contributed by atoms with Gasteiger partial charge in [-0.1, -0.05) is 6.07 Å². The molecule has 0 aromatic carbocycles. The molecule has 6 nitrogen and oxygen atoms in total. The monoisotopic (exact) mass is 337 g/mol. The van der Waals surface area contributed by atoms with E-state index in [9.17, 15) is 4.79 Å². The quantitative estimate of drug-likeness (QED) is 0.777. The van der Waals surface area contributed by atoms with Crippen molar-refractivity contribution in [3.05, 3.63) is 58.8 Å². The second kappa shape index (κ2) is 7.01. The van der Waals surface area contributed by atoms with Crippen molar-refractivity contribution in [2.45, 2.75) is 46.6 Å². The van der Waals surface area contributed by atoms with Gasteiger partial charge in [0.15, 0.2) is 5.65 Å². The number of aromatic nitrogens is 4. The first-order chi connectivity index (χ1) is 12.0. The largest absolute Gasteiger partial charge is 0.350 e. The van der Waals surface area contributed by atoms with Gasteiger partial charge in [0.05, 0.1) is 11.7 Å². The Morgan fingerprint density at radius 2 is 2.12 bits per heavy atom. The standard InChI is InChI=1S/C19H23N5O/c1-12-10-18-21-14(3)17(15(4)24(18)23-12)7-8-19(25)22-13(2)16-6-5-9-20-11-16/h5-6,9-11,13H,7-8H2,1-4H3,(H,22,25)/t13-/m1/s1. The van der Waals surface area contributed by atoms with Crippen molar-refractivity contribution in [2.75, 3.05) is 0 Å². The van der Waals surface area contributed by atoms with E-state index in [-0.39, 0.29) is 11.9 Å². The number of carbonyl (C=O) groups excluding carboxylic acids is 1. The summed E-state index contributed by atoms with van der Waals surface area (Å²) >= 11 is 0. The number of hydrogen-bond donors (Lipinski definition) is 1. The van der Waals surface area contributed by atoms with Gasteiger partial charge in [0.1, 0.15) is 0 Å². The maximum Gasteiger partial charge on any atom is 0.220 e. The van der Waals surface area contributed by atoms with Gasteiger partial charge in [0.2, 0.25) is 5.91 Å². The molecule has 0 radical (unpaired) electrons. The molecule has 0 spiro atoms. The van der Waals surface area contributed by atoms with E-state index in [2.05, 4.69) is 20.4 Å². The number of fused-ring (bicyclic) bond motifs is 1. The molecular formula is C19H23N5O. The first-order valence-electron chi connectivity index (χ1n) is 8.47. The molecule has 130 valence electrons. The molecule has 6 heteroatoms. The van der Waals surface area contributed by atoms with Crippen LogP contribution in [0.25, 0.3) is 5.65 Å². The van der Waals surface area contributed by atoms with Gasteiger partial charge in [-0.05, 0) is 51.3 Å². The molecule has 1 atom stereocenters. The number of amides is 1. The van der Waals surface area contributed by atoms with Crippen molar-refractivity contribution >= 4 is 11.6 Å². The molecule has 25 heavy (non-hydrogen) atoms. The predicted molar refractivity (Wildman–Crippen MR) is 96.3 cm³/mol. The number of carbonyl (C=O) groups is 1. The van der Waals surface area contributed by atoms with Crippen LogP contribution in [0.5, 0.6) is 0 Å². The maximum atomic E-state index is 12.3. The van der Waals surface area contributed by atoms with Crippen LogP contribution in [0, 0.1) is 20.8 Å². The molecule has 0 saturated heterocycles. The second-order valence-corrected chi connectivity index (χ2v) is 6.39. The summed E-state index contributed by atoms with van der Waals surface area (Å²) in [5.41, 5.74) is 5.88. The number of rotatable bonds is 5. The average molecular weight is 337 g/mol. The average Bonchev–Trinajstić information content (AvgIpc) is 2.96. The lowest BCUT2D eigenvalue weighted by molar-refractivity contribution is -0.121. The third kappa shape index (κ3) is 3.68. The molecule has 0 aliphatic heterocycles. The number of aryl methyl sites for hydroxylation is 3. The van der Waals surface area contributed by atoms with E-state index in [1.165, 1.54) is 0 Å². The summed E-state index contributed by atoms with van der Waals surface area (Å²) in [6.45, 7) is 7.93. The molecule has 3 rings (SSSR count). The maximum absolute atomic E-state index is 12.3. The Morgan fingerprint density at radius 1 is 1.32 bits per heavy atom. The third-order valence-electron chi connectivity index (χ3n) is 4.45. The minimum absolute atomic E-state index is 0.0203. The lowest BCUT2D eigenvalue weighted by Crippen LogP contribution is -2.27. The summed E-state index contributed by atoms with van der Waals surface area (Å²) < 4.78 is 1.85. The smallest absolute Gasteiger partial charge is 0.220 e. The summed E-state index contributed by atoms with van der Waals surface area (Å²) in [6, 6.07) is 5.74. The molecular weight excluding hydrogens is 314 g/mol. The van der Waals surface area contributed by atoms with Crippen LogP contribution in [0.2, 0.25) is 0 Å². The summed E-state index contributed by atoms with van der Waals surface area (Å²) in [4.78, 5) is 21.0. The van der Waals surface area contributed by atoms with Crippen molar-refractivity contribution in [3.63, 3.8) is 0 Å². The number of nitrogens with zero attached hydrogens (tertiary/aromatic N) is 4. The van der Waals surface area contributed by atoms with Gasteiger partial charge in [-0.2, -0.15) is 5.10 Å². The van der Waals surface area contributed by atoms with Gasteiger partial charge in [-0.3, -0.25) is 9.78 Å². The van der Waals surface area contributed by atoms with Crippen molar-refractivity contribution in [2.24, 2.45) is 0 Å². The van der Waals surface area contributed by atoms with E-state index in [1.54, 1.807) is 12.4 Å². The van der Waals surface area contributed by atoms with E-state index >= 15 is 0 Å². The fraction of sp³-hybridized carbons (Fsp3) is 0.368. The molecule has 0 fully saturated rings. The van der Waals surface area contributed by atoms with Gasteiger partial charge in [0.25, 0.3) is 0 Å². The van der Waals surface area contributed by atoms with Crippen molar-refractivity contribution in [3.8, 4) is 0 Å². The minimum Gasteiger partial charge on any atom is -0.350 e. The molecule has 3 aromatic rings. The first-order valence-corrected chi connectivity index (χ1v) is 8.47. The zero-order chi connectivity index (χ0) is 18.0. The molecule has 3 aromatic heterocycles. The summed E-state index contributed by atoms with van der Waals surface area (Å²) in [7, 11) is 0. The fourth-order valence-electron chi connectivity index (χ4n) is 3.07. The number of hydrogen-bond acceptors (Lipinski definition) is 4. The number of pyridine rings is 1. The molecule has 1 N–H and O–H groups in total. The van der Waals surface area contributed by atoms with Crippen LogP contribution in [0.4, 0.5) is 0 Å². The highest BCUT2D eigenvalue weighted by Crippen LogP contribution is 2.17.